The summed E-state index contributed by atoms with van der Waals surface area (Å²) in [5.74, 6) is 1.42. The molecule has 0 N–H and O–H groups in total. The fraction of sp³-hybridized carbons (Fsp3) is 0.579. The second kappa shape index (κ2) is 9.65. The van der Waals surface area contributed by atoms with Gasteiger partial charge >= 0.3 is 0 Å². The van der Waals surface area contributed by atoms with Crippen LogP contribution in [0.15, 0.2) is 36.9 Å². The van der Waals surface area contributed by atoms with Crippen LogP contribution in [0.4, 0.5) is 0 Å². The number of ether oxygens (including phenoxy) is 3. The average Bonchev–Trinajstić information content (AvgIpc) is 2.57. The van der Waals surface area contributed by atoms with E-state index in [1.54, 1.807) is 0 Å². The van der Waals surface area contributed by atoms with Crippen molar-refractivity contribution in [2.24, 2.45) is 5.92 Å². The number of unbranched alkanes of at least 4 members (excludes halogenated alkanes) is 2. The molecule has 122 valence electrons. The van der Waals surface area contributed by atoms with Crippen LogP contribution in [-0.4, -0.2) is 19.8 Å². The van der Waals surface area contributed by atoms with Gasteiger partial charge in [-0.05, 0) is 37.8 Å². The van der Waals surface area contributed by atoms with Gasteiger partial charge in [0.25, 0.3) is 0 Å². The van der Waals surface area contributed by atoms with Crippen LogP contribution in [0.5, 0.6) is 5.75 Å². The number of rotatable bonds is 9. The first-order valence-electron chi connectivity index (χ1n) is 8.40. The van der Waals surface area contributed by atoms with Gasteiger partial charge in [-0.25, -0.2) is 0 Å². The fourth-order valence-corrected chi connectivity index (χ4v) is 2.51. The van der Waals surface area contributed by atoms with Crippen molar-refractivity contribution in [2.75, 3.05) is 19.8 Å². The lowest BCUT2D eigenvalue weighted by Gasteiger charge is -2.29. The third-order valence-corrected chi connectivity index (χ3v) is 3.91. The minimum Gasteiger partial charge on any atom is -0.494 e. The highest BCUT2D eigenvalue weighted by atomic mass is 16.7. The molecule has 2 rings (SSSR count). The molecule has 0 amide bonds. The summed E-state index contributed by atoms with van der Waals surface area (Å²) in [4.78, 5) is 0. The van der Waals surface area contributed by atoms with Gasteiger partial charge in [0.15, 0.2) is 6.29 Å². The zero-order valence-corrected chi connectivity index (χ0v) is 13.6. The van der Waals surface area contributed by atoms with Crippen molar-refractivity contribution in [3.8, 4) is 5.75 Å². The van der Waals surface area contributed by atoms with Gasteiger partial charge in [-0.3, -0.25) is 0 Å². The van der Waals surface area contributed by atoms with Crippen molar-refractivity contribution in [1.82, 2.24) is 0 Å². The van der Waals surface area contributed by atoms with Crippen molar-refractivity contribution >= 4 is 0 Å². The Morgan fingerprint density at radius 2 is 1.91 bits per heavy atom. The molecule has 1 fully saturated rings. The van der Waals surface area contributed by atoms with Crippen LogP contribution in [0.1, 0.15) is 50.9 Å². The van der Waals surface area contributed by atoms with Gasteiger partial charge in [0.05, 0.1) is 19.8 Å². The van der Waals surface area contributed by atoms with Gasteiger partial charge < -0.3 is 14.2 Å². The van der Waals surface area contributed by atoms with Crippen LogP contribution in [0.3, 0.4) is 0 Å². The van der Waals surface area contributed by atoms with E-state index in [4.69, 9.17) is 14.2 Å². The molecule has 0 unspecified atom stereocenters. The van der Waals surface area contributed by atoms with Crippen LogP contribution in [-0.2, 0) is 9.47 Å². The predicted octanol–water partition coefficient (Wildman–Crippen LogP) is 4.88. The molecule has 1 heterocycles. The van der Waals surface area contributed by atoms with E-state index in [1.807, 2.05) is 30.3 Å². The number of benzene rings is 1. The maximum absolute atomic E-state index is 5.86. The molecule has 1 saturated heterocycles. The lowest BCUT2D eigenvalue weighted by Crippen LogP contribution is -2.27. The smallest absolute Gasteiger partial charge is 0.183 e. The Balaban J connectivity index is 1.75. The van der Waals surface area contributed by atoms with Crippen molar-refractivity contribution < 1.29 is 14.2 Å². The largest absolute Gasteiger partial charge is 0.494 e. The molecule has 0 aromatic heterocycles. The van der Waals surface area contributed by atoms with E-state index in [0.717, 1.165) is 63.2 Å². The Morgan fingerprint density at radius 3 is 2.55 bits per heavy atom. The van der Waals surface area contributed by atoms with Gasteiger partial charge in [0, 0.05) is 11.5 Å². The zero-order chi connectivity index (χ0) is 15.6. The molecule has 0 spiro atoms. The normalized spacial score (nSPS) is 21.5. The van der Waals surface area contributed by atoms with Crippen molar-refractivity contribution in [3.63, 3.8) is 0 Å². The first kappa shape index (κ1) is 17.0. The van der Waals surface area contributed by atoms with E-state index in [2.05, 4.69) is 13.5 Å². The molecule has 0 bridgehead atoms. The molecule has 0 radical (unpaired) electrons. The van der Waals surface area contributed by atoms with E-state index in [1.165, 1.54) is 0 Å². The van der Waals surface area contributed by atoms with Gasteiger partial charge in [0.2, 0.25) is 0 Å². The number of allylic oxidation sites excluding steroid dienone is 1. The number of hydrogen-bond acceptors (Lipinski definition) is 3. The summed E-state index contributed by atoms with van der Waals surface area (Å²) in [6.45, 7) is 8.24. The molecule has 0 saturated carbocycles. The van der Waals surface area contributed by atoms with Crippen LogP contribution in [0.25, 0.3) is 0 Å². The minimum atomic E-state index is -0.236. The third kappa shape index (κ3) is 5.47. The van der Waals surface area contributed by atoms with Crippen molar-refractivity contribution in [2.45, 2.75) is 45.3 Å². The molecule has 3 nitrogen and oxygen atoms in total. The Kier molecular flexibility index (Phi) is 7.47. The van der Waals surface area contributed by atoms with Crippen LogP contribution in [0.2, 0.25) is 0 Å². The van der Waals surface area contributed by atoms with Crippen molar-refractivity contribution in [3.05, 3.63) is 42.5 Å². The van der Waals surface area contributed by atoms with Gasteiger partial charge in [-0.2, -0.15) is 0 Å². The summed E-state index contributed by atoms with van der Waals surface area (Å²) in [6.07, 6.45) is 7.34. The quantitative estimate of drug-likeness (QED) is 0.480. The molecule has 1 aliphatic rings. The second-order valence-corrected chi connectivity index (χ2v) is 5.86. The van der Waals surface area contributed by atoms with Gasteiger partial charge in [0.1, 0.15) is 5.75 Å². The standard InChI is InChI=1S/C19H28O3/c1-3-5-7-8-16-14-21-19(22-15-16)17-9-11-18(12-10-17)20-13-6-4-2/h3,9-12,16,19H,1,4-8,13-15H2,2H3/t16-,19-. The Hall–Kier alpha value is -1.32. The topological polar surface area (TPSA) is 27.7 Å². The molecule has 0 atom stereocenters. The fourth-order valence-electron chi connectivity index (χ4n) is 2.51. The summed E-state index contributed by atoms with van der Waals surface area (Å²) >= 11 is 0. The lowest BCUT2D eigenvalue weighted by atomic mass is 10.0. The summed E-state index contributed by atoms with van der Waals surface area (Å²) in [5.41, 5.74) is 1.06. The van der Waals surface area contributed by atoms with E-state index in [9.17, 15) is 0 Å². The summed E-state index contributed by atoms with van der Waals surface area (Å²) in [6, 6.07) is 8.05. The highest BCUT2D eigenvalue weighted by molar-refractivity contribution is 5.28. The van der Waals surface area contributed by atoms with Gasteiger partial charge in [-0.1, -0.05) is 31.6 Å². The summed E-state index contributed by atoms with van der Waals surface area (Å²) in [7, 11) is 0. The SMILES string of the molecule is C=CCCC[C@H]1CO[C@H](c2ccc(OCCCC)cc2)OC1. The molecule has 0 aliphatic carbocycles. The average molecular weight is 304 g/mol. The Bertz CT molecular complexity index is 419. The Labute approximate surface area is 134 Å². The van der Waals surface area contributed by atoms with E-state index >= 15 is 0 Å². The highest BCUT2D eigenvalue weighted by Crippen LogP contribution is 2.28. The molecule has 22 heavy (non-hydrogen) atoms. The summed E-state index contributed by atoms with van der Waals surface area (Å²) in [5, 5.41) is 0. The number of hydrogen-bond donors (Lipinski definition) is 0. The molecule has 1 aromatic carbocycles. The third-order valence-electron chi connectivity index (χ3n) is 3.91. The van der Waals surface area contributed by atoms with Crippen LogP contribution >= 0.6 is 0 Å². The van der Waals surface area contributed by atoms with E-state index in [-0.39, 0.29) is 6.29 Å². The van der Waals surface area contributed by atoms with Crippen LogP contribution in [0, 0.1) is 5.92 Å². The molecule has 1 aromatic rings. The second-order valence-electron chi connectivity index (χ2n) is 5.86. The van der Waals surface area contributed by atoms with E-state index in [0.29, 0.717) is 5.92 Å². The predicted molar refractivity (Wildman–Crippen MR) is 89.0 cm³/mol. The van der Waals surface area contributed by atoms with Gasteiger partial charge in [-0.15, -0.1) is 6.58 Å². The molecule has 3 heteroatoms. The molecular weight excluding hydrogens is 276 g/mol. The van der Waals surface area contributed by atoms with Crippen molar-refractivity contribution in [1.29, 1.82) is 0 Å². The maximum Gasteiger partial charge on any atom is 0.183 e. The Morgan fingerprint density at radius 1 is 1.18 bits per heavy atom. The molecular formula is C19H28O3. The highest BCUT2D eigenvalue weighted by Gasteiger charge is 2.23. The lowest BCUT2D eigenvalue weighted by molar-refractivity contribution is -0.206. The first-order valence-corrected chi connectivity index (χ1v) is 8.40. The zero-order valence-electron chi connectivity index (χ0n) is 13.6. The monoisotopic (exact) mass is 304 g/mol. The molecule has 1 aliphatic heterocycles. The first-order chi connectivity index (χ1) is 10.8. The van der Waals surface area contributed by atoms with Crippen LogP contribution < -0.4 is 4.74 Å². The summed E-state index contributed by atoms with van der Waals surface area (Å²) < 4.78 is 17.4. The van der Waals surface area contributed by atoms with E-state index < -0.39 is 0 Å². The maximum atomic E-state index is 5.86. The minimum absolute atomic E-state index is 0.236.